The fourth-order valence-corrected chi connectivity index (χ4v) is 2.96. The summed E-state index contributed by atoms with van der Waals surface area (Å²) in [5, 5.41) is 3.42. The standard InChI is InChI=1S/C17H20FN3O.ClH/c1-22-17-5-3-2-4-15(17)16-11-19-6-7-21(16)12-13-8-14(18)10-20-9-13;/h2-5,8-10,16,19H,6-7,11-12H2,1H3;1H. The molecule has 23 heavy (non-hydrogen) atoms. The fraction of sp³-hybridized carbons (Fsp3) is 0.353. The van der Waals surface area contributed by atoms with Crippen molar-refractivity contribution in [2.24, 2.45) is 0 Å². The minimum Gasteiger partial charge on any atom is -0.496 e. The monoisotopic (exact) mass is 337 g/mol. The van der Waals surface area contributed by atoms with E-state index in [1.54, 1.807) is 19.4 Å². The largest absolute Gasteiger partial charge is 0.496 e. The summed E-state index contributed by atoms with van der Waals surface area (Å²) >= 11 is 0. The summed E-state index contributed by atoms with van der Waals surface area (Å²) in [5.41, 5.74) is 2.04. The molecule has 1 N–H and O–H groups in total. The maximum absolute atomic E-state index is 13.3. The van der Waals surface area contributed by atoms with Crippen molar-refractivity contribution < 1.29 is 9.13 Å². The summed E-state index contributed by atoms with van der Waals surface area (Å²) < 4.78 is 18.8. The third kappa shape index (κ3) is 4.19. The van der Waals surface area contributed by atoms with Crippen molar-refractivity contribution in [3.8, 4) is 5.75 Å². The third-order valence-electron chi connectivity index (χ3n) is 4.00. The summed E-state index contributed by atoms with van der Waals surface area (Å²) in [4.78, 5) is 6.28. The Kier molecular flexibility index (Phi) is 6.33. The molecule has 1 aromatic heterocycles. The Balaban J connectivity index is 0.00000192. The minimum absolute atomic E-state index is 0. The molecule has 0 aliphatic carbocycles. The van der Waals surface area contributed by atoms with Gasteiger partial charge in [-0.15, -0.1) is 12.4 Å². The SMILES string of the molecule is COc1ccccc1C1CNCCN1Cc1cncc(F)c1.Cl. The smallest absolute Gasteiger partial charge is 0.141 e. The molecule has 1 atom stereocenters. The summed E-state index contributed by atoms with van der Waals surface area (Å²) in [6, 6.07) is 9.81. The Morgan fingerprint density at radius 3 is 2.96 bits per heavy atom. The highest BCUT2D eigenvalue weighted by molar-refractivity contribution is 5.85. The average Bonchev–Trinajstić information content (AvgIpc) is 2.55. The number of halogens is 2. The topological polar surface area (TPSA) is 37.4 Å². The first-order valence-electron chi connectivity index (χ1n) is 7.45. The van der Waals surface area contributed by atoms with Gasteiger partial charge >= 0.3 is 0 Å². The molecule has 2 aromatic rings. The van der Waals surface area contributed by atoms with E-state index in [4.69, 9.17) is 4.74 Å². The number of rotatable bonds is 4. The number of piperazine rings is 1. The van der Waals surface area contributed by atoms with Crippen molar-refractivity contribution in [3.63, 3.8) is 0 Å². The molecule has 1 unspecified atom stereocenters. The Labute approximate surface area is 142 Å². The Hall–Kier alpha value is -1.69. The van der Waals surface area contributed by atoms with Crippen LogP contribution in [0, 0.1) is 5.82 Å². The van der Waals surface area contributed by atoms with E-state index in [2.05, 4.69) is 21.3 Å². The number of hydrogen-bond donors (Lipinski definition) is 1. The molecule has 124 valence electrons. The van der Waals surface area contributed by atoms with Crippen molar-refractivity contribution in [2.45, 2.75) is 12.6 Å². The Morgan fingerprint density at radius 1 is 1.35 bits per heavy atom. The van der Waals surface area contributed by atoms with E-state index >= 15 is 0 Å². The van der Waals surface area contributed by atoms with Gasteiger partial charge in [0.05, 0.1) is 19.3 Å². The quantitative estimate of drug-likeness (QED) is 0.931. The minimum atomic E-state index is -0.290. The molecule has 1 fully saturated rings. The Morgan fingerprint density at radius 2 is 2.17 bits per heavy atom. The van der Waals surface area contributed by atoms with E-state index in [0.29, 0.717) is 6.54 Å². The number of aromatic nitrogens is 1. The first-order valence-corrected chi connectivity index (χ1v) is 7.45. The molecule has 2 heterocycles. The lowest BCUT2D eigenvalue weighted by Gasteiger charge is -2.37. The lowest BCUT2D eigenvalue weighted by molar-refractivity contribution is 0.150. The van der Waals surface area contributed by atoms with Crippen LogP contribution in [0.4, 0.5) is 4.39 Å². The number of nitrogens with one attached hydrogen (secondary N) is 1. The predicted octanol–water partition coefficient (Wildman–Crippen LogP) is 2.80. The van der Waals surface area contributed by atoms with Gasteiger partial charge in [0.1, 0.15) is 11.6 Å². The highest BCUT2D eigenvalue weighted by Crippen LogP contribution is 2.31. The lowest BCUT2D eigenvalue weighted by Crippen LogP contribution is -2.45. The van der Waals surface area contributed by atoms with Crippen LogP contribution in [0.1, 0.15) is 17.2 Å². The van der Waals surface area contributed by atoms with Crippen LogP contribution >= 0.6 is 12.4 Å². The second kappa shape index (κ2) is 8.24. The van der Waals surface area contributed by atoms with Crippen molar-refractivity contribution in [1.29, 1.82) is 0 Å². The molecule has 1 aliphatic heterocycles. The van der Waals surface area contributed by atoms with Gasteiger partial charge < -0.3 is 10.1 Å². The van der Waals surface area contributed by atoms with Crippen molar-refractivity contribution in [1.82, 2.24) is 15.2 Å². The molecule has 1 aliphatic rings. The molecule has 4 nitrogen and oxygen atoms in total. The molecular weight excluding hydrogens is 317 g/mol. The first-order chi connectivity index (χ1) is 10.8. The van der Waals surface area contributed by atoms with Crippen LogP contribution in [0.25, 0.3) is 0 Å². The molecule has 1 aromatic carbocycles. The maximum Gasteiger partial charge on any atom is 0.141 e. The van der Waals surface area contributed by atoms with E-state index in [9.17, 15) is 4.39 Å². The molecular formula is C17H21ClFN3O. The van der Waals surface area contributed by atoms with Crippen LogP contribution in [0.15, 0.2) is 42.7 Å². The summed E-state index contributed by atoms with van der Waals surface area (Å²) in [6.45, 7) is 3.35. The van der Waals surface area contributed by atoms with Crippen LogP contribution in [0.3, 0.4) is 0 Å². The molecule has 3 rings (SSSR count). The molecule has 0 saturated carbocycles. The van der Waals surface area contributed by atoms with Crippen LogP contribution < -0.4 is 10.1 Å². The van der Waals surface area contributed by atoms with Gasteiger partial charge in [-0.3, -0.25) is 9.88 Å². The van der Waals surface area contributed by atoms with E-state index < -0.39 is 0 Å². The van der Waals surface area contributed by atoms with Gasteiger partial charge in [0.25, 0.3) is 0 Å². The van der Waals surface area contributed by atoms with Gasteiger partial charge in [-0.2, -0.15) is 0 Å². The van der Waals surface area contributed by atoms with E-state index in [-0.39, 0.29) is 24.3 Å². The van der Waals surface area contributed by atoms with Gasteiger partial charge in [0.15, 0.2) is 0 Å². The van der Waals surface area contributed by atoms with E-state index in [1.165, 1.54) is 6.20 Å². The summed E-state index contributed by atoms with van der Waals surface area (Å²) in [5.74, 6) is 0.597. The fourth-order valence-electron chi connectivity index (χ4n) is 2.96. The average molecular weight is 338 g/mol. The van der Waals surface area contributed by atoms with Gasteiger partial charge in [0, 0.05) is 37.9 Å². The Bertz CT molecular complexity index is 641. The van der Waals surface area contributed by atoms with Gasteiger partial charge in [0.2, 0.25) is 0 Å². The highest BCUT2D eigenvalue weighted by atomic mass is 35.5. The number of para-hydroxylation sites is 1. The summed E-state index contributed by atoms with van der Waals surface area (Å²) in [7, 11) is 1.69. The maximum atomic E-state index is 13.3. The van der Waals surface area contributed by atoms with E-state index in [0.717, 1.165) is 36.5 Å². The molecule has 0 amide bonds. The molecule has 1 saturated heterocycles. The molecule has 0 radical (unpaired) electrons. The number of ether oxygens (including phenoxy) is 1. The third-order valence-corrected chi connectivity index (χ3v) is 4.00. The number of pyridine rings is 1. The number of nitrogens with zero attached hydrogens (tertiary/aromatic N) is 2. The van der Waals surface area contributed by atoms with Crippen molar-refractivity contribution in [3.05, 3.63) is 59.7 Å². The second-order valence-electron chi connectivity index (χ2n) is 5.44. The zero-order valence-electron chi connectivity index (χ0n) is 13.0. The first kappa shape index (κ1) is 17.7. The molecule has 0 spiro atoms. The summed E-state index contributed by atoms with van der Waals surface area (Å²) in [6.07, 6.45) is 2.96. The zero-order valence-corrected chi connectivity index (χ0v) is 13.9. The van der Waals surface area contributed by atoms with E-state index in [1.807, 2.05) is 18.2 Å². The second-order valence-corrected chi connectivity index (χ2v) is 5.44. The van der Waals surface area contributed by atoms with Gasteiger partial charge in [-0.25, -0.2) is 4.39 Å². The van der Waals surface area contributed by atoms with Crippen molar-refractivity contribution >= 4 is 12.4 Å². The molecule has 0 bridgehead atoms. The van der Waals surface area contributed by atoms with Crippen LogP contribution in [0.5, 0.6) is 5.75 Å². The van der Waals surface area contributed by atoms with Crippen LogP contribution in [0.2, 0.25) is 0 Å². The highest BCUT2D eigenvalue weighted by Gasteiger charge is 2.26. The predicted molar refractivity (Wildman–Crippen MR) is 90.5 cm³/mol. The van der Waals surface area contributed by atoms with Gasteiger partial charge in [-0.05, 0) is 17.7 Å². The normalized spacial score (nSPS) is 18.3. The van der Waals surface area contributed by atoms with Gasteiger partial charge in [-0.1, -0.05) is 18.2 Å². The number of benzene rings is 1. The van der Waals surface area contributed by atoms with Crippen molar-refractivity contribution in [2.75, 3.05) is 26.7 Å². The van der Waals surface area contributed by atoms with Crippen LogP contribution in [-0.4, -0.2) is 36.6 Å². The lowest BCUT2D eigenvalue weighted by atomic mass is 10.0. The number of hydrogen-bond acceptors (Lipinski definition) is 4. The number of methoxy groups -OCH3 is 1. The zero-order chi connectivity index (χ0) is 15.4. The van der Waals surface area contributed by atoms with Crippen LogP contribution in [-0.2, 0) is 6.54 Å². The molecule has 6 heteroatoms.